The van der Waals surface area contributed by atoms with Gasteiger partial charge in [-0.3, -0.25) is 38.4 Å². The Hall–Kier alpha value is -5.87. The summed E-state index contributed by atoms with van der Waals surface area (Å²) in [7, 11) is 0. The highest BCUT2D eigenvalue weighted by atomic mass is 16.4. The van der Waals surface area contributed by atoms with Crippen LogP contribution in [0.3, 0.4) is 0 Å². The van der Waals surface area contributed by atoms with Crippen LogP contribution < -0.4 is 38.1 Å². The minimum atomic E-state index is -1.61. The van der Waals surface area contributed by atoms with Crippen LogP contribution in [0.4, 0.5) is 0 Å². The lowest BCUT2D eigenvalue weighted by atomic mass is 10.0. The number of phenolic OH excluding ortho intramolecular Hbond substituents is 1. The summed E-state index contributed by atoms with van der Waals surface area (Å²) in [5, 5.41) is 59.3. The number of carbonyl (C=O) groups is 9. The molecule has 2 rings (SSSR count). The number of rotatable bonds is 21. The van der Waals surface area contributed by atoms with Crippen LogP contribution in [0.1, 0.15) is 44.6 Å². The molecular formula is C32H46N8O14. The van der Waals surface area contributed by atoms with Gasteiger partial charge < -0.3 is 68.5 Å². The molecule has 1 fully saturated rings. The molecule has 298 valence electrons. The number of primary amides is 1. The van der Waals surface area contributed by atoms with Crippen molar-refractivity contribution in [3.05, 3.63) is 29.8 Å². The summed E-state index contributed by atoms with van der Waals surface area (Å²) < 4.78 is 0. The number of phenols is 1. The Bertz CT molecular complexity index is 1560. The molecule has 14 N–H and O–H groups in total. The van der Waals surface area contributed by atoms with Crippen LogP contribution in [-0.4, -0.2) is 146 Å². The van der Waals surface area contributed by atoms with Crippen molar-refractivity contribution in [2.45, 2.75) is 87.8 Å². The molecule has 7 atom stereocenters. The number of likely N-dealkylation sites (tertiary alicyclic amines) is 1. The van der Waals surface area contributed by atoms with Crippen LogP contribution in [0.15, 0.2) is 24.3 Å². The predicted molar refractivity (Wildman–Crippen MR) is 182 cm³/mol. The Kier molecular flexibility index (Phi) is 17.2. The second-order valence-corrected chi connectivity index (χ2v) is 12.5. The maximum Gasteiger partial charge on any atom is 0.326 e. The number of nitrogens with two attached hydrogens (primary N) is 2. The summed E-state index contributed by atoms with van der Waals surface area (Å²) in [6, 6.07) is -3.36. The van der Waals surface area contributed by atoms with E-state index >= 15 is 0 Å². The molecule has 0 radical (unpaired) electrons. The summed E-state index contributed by atoms with van der Waals surface area (Å²) in [6.07, 6.45) is -2.86. The van der Waals surface area contributed by atoms with Crippen LogP contribution in [-0.2, 0) is 49.6 Å². The van der Waals surface area contributed by atoms with Gasteiger partial charge in [-0.05, 0) is 43.9 Å². The third-order valence-corrected chi connectivity index (χ3v) is 8.17. The largest absolute Gasteiger partial charge is 0.508 e. The summed E-state index contributed by atoms with van der Waals surface area (Å²) in [5.74, 6) is -9.51. The maximum absolute atomic E-state index is 13.6. The van der Waals surface area contributed by atoms with Gasteiger partial charge in [0.15, 0.2) is 0 Å². The van der Waals surface area contributed by atoms with Gasteiger partial charge in [0.2, 0.25) is 41.4 Å². The van der Waals surface area contributed by atoms with E-state index < -0.39 is 128 Å². The number of hydrogen-bond donors (Lipinski definition) is 12. The van der Waals surface area contributed by atoms with E-state index in [1.54, 1.807) is 0 Å². The number of aromatic hydroxyl groups is 1. The number of carboxylic acid groups (broad SMARTS) is 2. The highest BCUT2D eigenvalue weighted by Crippen LogP contribution is 2.20. The molecule has 0 spiro atoms. The van der Waals surface area contributed by atoms with E-state index in [9.17, 15) is 63.6 Å². The lowest BCUT2D eigenvalue weighted by Crippen LogP contribution is -2.59. The van der Waals surface area contributed by atoms with Gasteiger partial charge >= 0.3 is 11.9 Å². The second kappa shape index (κ2) is 21.0. The Morgan fingerprint density at radius 2 is 1.54 bits per heavy atom. The van der Waals surface area contributed by atoms with Crippen LogP contribution in [0.2, 0.25) is 0 Å². The molecular weight excluding hydrogens is 720 g/mol. The molecule has 1 aliphatic heterocycles. The van der Waals surface area contributed by atoms with Crippen molar-refractivity contribution in [1.29, 1.82) is 0 Å². The first-order valence-corrected chi connectivity index (χ1v) is 16.7. The van der Waals surface area contributed by atoms with Gasteiger partial charge in [-0.1, -0.05) is 12.1 Å². The average Bonchev–Trinajstić information content (AvgIpc) is 3.60. The number of aliphatic hydroxyl groups is 2. The van der Waals surface area contributed by atoms with Gasteiger partial charge in [-0.2, -0.15) is 0 Å². The third kappa shape index (κ3) is 13.9. The van der Waals surface area contributed by atoms with Crippen LogP contribution in [0.5, 0.6) is 5.75 Å². The van der Waals surface area contributed by atoms with E-state index in [0.717, 1.165) is 11.8 Å². The minimum Gasteiger partial charge on any atom is -0.508 e. The van der Waals surface area contributed by atoms with Crippen molar-refractivity contribution in [1.82, 2.24) is 31.5 Å². The van der Waals surface area contributed by atoms with Gasteiger partial charge in [0.05, 0.1) is 31.7 Å². The molecule has 1 aromatic carbocycles. The Morgan fingerprint density at radius 3 is 2.09 bits per heavy atom. The second-order valence-electron chi connectivity index (χ2n) is 12.5. The molecule has 0 unspecified atom stereocenters. The van der Waals surface area contributed by atoms with E-state index in [0.29, 0.717) is 12.0 Å². The van der Waals surface area contributed by atoms with Gasteiger partial charge in [-0.15, -0.1) is 0 Å². The van der Waals surface area contributed by atoms with E-state index in [1.807, 2.05) is 0 Å². The molecule has 0 aromatic heterocycles. The fourth-order valence-electron chi connectivity index (χ4n) is 5.33. The number of hydrogen-bond acceptors (Lipinski definition) is 13. The number of nitrogens with one attached hydrogen (secondary N) is 5. The molecule has 1 aromatic rings. The first kappa shape index (κ1) is 44.3. The zero-order chi connectivity index (χ0) is 40.7. The molecule has 22 heteroatoms. The summed E-state index contributed by atoms with van der Waals surface area (Å²) in [5.41, 5.74) is 11.0. The molecule has 1 aliphatic rings. The summed E-state index contributed by atoms with van der Waals surface area (Å²) in [4.78, 5) is 113. The number of amides is 7. The fraction of sp³-hybridized carbons (Fsp3) is 0.531. The highest BCUT2D eigenvalue weighted by molar-refractivity contribution is 5.97. The number of carbonyl (C=O) groups excluding carboxylic acids is 7. The number of aliphatic carboxylic acids is 2. The Labute approximate surface area is 308 Å². The number of benzene rings is 1. The van der Waals surface area contributed by atoms with Gasteiger partial charge in [0, 0.05) is 19.4 Å². The fourth-order valence-corrected chi connectivity index (χ4v) is 5.33. The monoisotopic (exact) mass is 766 g/mol. The number of aliphatic hydroxyl groups excluding tert-OH is 2. The quantitative estimate of drug-likeness (QED) is 0.0555. The lowest BCUT2D eigenvalue weighted by Gasteiger charge is -2.29. The molecule has 0 saturated carbocycles. The smallest absolute Gasteiger partial charge is 0.326 e. The van der Waals surface area contributed by atoms with Crippen molar-refractivity contribution in [2.24, 2.45) is 11.5 Å². The molecule has 1 heterocycles. The number of nitrogens with zero attached hydrogens (tertiary/aromatic N) is 1. The summed E-state index contributed by atoms with van der Waals surface area (Å²) >= 11 is 0. The Balaban J connectivity index is 2.13. The third-order valence-electron chi connectivity index (χ3n) is 8.17. The van der Waals surface area contributed by atoms with Crippen LogP contribution in [0.25, 0.3) is 0 Å². The van der Waals surface area contributed by atoms with Crippen LogP contribution >= 0.6 is 0 Å². The zero-order valence-corrected chi connectivity index (χ0v) is 29.2. The van der Waals surface area contributed by atoms with Gasteiger partial charge in [0.1, 0.15) is 36.0 Å². The SMILES string of the molecule is C[C@@H](O)[C@H](NC(=O)[C@@H](N)CC(N)=O)C(=O)NCC(=O)N[C@@H](CO)C(=O)N1CCC[C@H]1C(=O)N[C@@H](Cc1ccc(O)cc1)C(=O)N[C@@H](CCC(=O)O)C(=O)O. The first-order chi connectivity index (χ1) is 25.3. The number of carboxylic acids is 2. The minimum absolute atomic E-state index is 0.00121. The maximum atomic E-state index is 13.6. The van der Waals surface area contributed by atoms with E-state index in [2.05, 4.69) is 26.6 Å². The first-order valence-electron chi connectivity index (χ1n) is 16.7. The van der Waals surface area contributed by atoms with Gasteiger partial charge in [0.25, 0.3) is 0 Å². The normalized spacial score (nSPS) is 17.0. The average molecular weight is 767 g/mol. The molecule has 0 bridgehead atoms. The molecule has 0 aliphatic carbocycles. The van der Waals surface area contributed by atoms with Crippen molar-refractivity contribution in [3.63, 3.8) is 0 Å². The van der Waals surface area contributed by atoms with Crippen molar-refractivity contribution in [2.75, 3.05) is 19.7 Å². The zero-order valence-electron chi connectivity index (χ0n) is 29.2. The predicted octanol–water partition coefficient (Wildman–Crippen LogP) is -5.49. The van der Waals surface area contributed by atoms with Crippen molar-refractivity contribution < 1.29 is 68.7 Å². The summed E-state index contributed by atoms with van der Waals surface area (Å²) in [6.45, 7) is -0.577. The molecule has 54 heavy (non-hydrogen) atoms. The van der Waals surface area contributed by atoms with E-state index in [-0.39, 0.29) is 25.1 Å². The molecule has 22 nitrogen and oxygen atoms in total. The topological polar surface area (TPSA) is 370 Å². The molecule has 7 amide bonds. The van der Waals surface area contributed by atoms with Gasteiger partial charge in [-0.25, -0.2) is 4.79 Å². The lowest BCUT2D eigenvalue weighted by molar-refractivity contribution is -0.144. The standard InChI is InChI=1S/C32H46N8O14/c1-15(42)26(39-27(48)18(33)12-23(34)44)30(51)35-13-24(45)36-21(14-41)31(52)40-10-2-3-22(40)29(50)38-20(11-16-4-6-17(43)7-5-16)28(49)37-19(32(53)54)8-9-25(46)47/h4-7,15,18-22,26,41-43H,2-3,8-14,33H2,1H3,(H2,34,44)(H,35,51)(H,36,45)(H,37,49)(H,38,50)(H,39,48)(H,46,47)(H,53,54)/t15-,18+,19+,20+,21+,22+,26+/m1/s1. The molecule has 1 saturated heterocycles. The highest BCUT2D eigenvalue weighted by Gasteiger charge is 2.39. The van der Waals surface area contributed by atoms with Crippen molar-refractivity contribution >= 4 is 53.3 Å². The van der Waals surface area contributed by atoms with E-state index in [1.165, 1.54) is 24.3 Å². The van der Waals surface area contributed by atoms with E-state index in [4.69, 9.17) is 16.6 Å². The van der Waals surface area contributed by atoms with Crippen LogP contribution in [0, 0.1) is 0 Å². The Morgan fingerprint density at radius 1 is 0.889 bits per heavy atom. The van der Waals surface area contributed by atoms with Crippen molar-refractivity contribution in [3.8, 4) is 5.75 Å².